The highest BCUT2D eigenvalue weighted by atomic mass is 35.5. The van der Waals surface area contributed by atoms with Gasteiger partial charge in [-0.15, -0.1) is 0 Å². The molecular formula is C41H35Cl2N3O8. The number of nitrogens with zero attached hydrogens (tertiary/aromatic N) is 2. The number of hydrogen-bond donors (Lipinski definition) is 3. The van der Waals surface area contributed by atoms with Crippen molar-refractivity contribution < 1.29 is 38.9 Å². The van der Waals surface area contributed by atoms with Gasteiger partial charge in [0.15, 0.2) is 0 Å². The van der Waals surface area contributed by atoms with Gasteiger partial charge in [-0.05, 0) is 77.9 Å². The predicted octanol–water partition coefficient (Wildman–Crippen LogP) is 6.71. The number of ether oxygens (including phenoxy) is 1. The molecule has 3 fully saturated rings. The van der Waals surface area contributed by atoms with Gasteiger partial charge in [0.2, 0.25) is 11.8 Å². The van der Waals surface area contributed by atoms with Gasteiger partial charge in [-0.2, -0.15) is 5.01 Å². The van der Waals surface area contributed by atoms with Crippen LogP contribution in [0.1, 0.15) is 42.7 Å². The van der Waals surface area contributed by atoms with Crippen LogP contribution in [0.4, 0.5) is 5.69 Å². The van der Waals surface area contributed by atoms with Gasteiger partial charge in [0.25, 0.3) is 11.8 Å². The van der Waals surface area contributed by atoms with Crippen molar-refractivity contribution >= 4 is 69.3 Å². The molecule has 2 saturated heterocycles. The van der Waals surface area contributed by atoms with Crippen LogP contribution < -0.4 is 10.2 Å². The van der Waals surface area contributed by atoms with Crippen molar-refractivity contribution in [2.24, 2.45) is 23.7 Å². The molecule has 2 heterocycles. The lowest BCUT2D eigenvalue weighted by Gasteiger charge is -2.51. The number of hydrazine groups is 1. The number of rotatable bonds is 9. The third-order valence-corrected chi connectivity index (χ3v) is 12.2. The molecule has 2 aliphatic heterocycles. The SMILES string of the molecule is COc1ccc([C@@]23C(=O)N(Nc4ccc(Cl)cc4Cl)C(=O)[C@@H]2C[C@@H]2C(=CC[C@@H]4C(=O)N(CCCC(=O)O)C(=O)[C@@H]42)[C@@H]3c2c(O)ccc3ccccc23)cc1. The van der Waals surface area contributed by atoms with Gasteiger partial charge < -0.3 is 14.9 Å². The Labute approximate surface area is 320 Å². The number of hydrogen-bond acceptors (Lipinski definition) is 8. The maximum Gasteiger partial charge on any atom is 0.303 e. The number of carbonyl (C=O) groups is 5. The number of aromatic hydroxyl groups is 1. The van der Waals surface area contributed by atoms with E-state index in [9.17, 15) is 29.4 Å². The quantitative estimate of drug-likeness (QED) is 0.125. The molecule has 0 spiro atoms. The molecule has 2 aliphatic carbocycles. The van der Waals surface area contributed by atoms with Crippen LogP contribution >= 0.6 is 23.2 Å². The van der Waals surface area contributed by atoms with E-state index in [0.29, 0.717) is 32.9 Å². The van der Waals surface area contributed by atoms with Crippen LogP contribution in [0.2, 0.25) is 10.0 Å². The number of anilines is 1. The molecule has 6 atom stereocenters. The van der Waals surface area contributed by atoms with Crippen molar-refractivity contribution in [1.29, 1.82) is 0 Å². The Hall–Kier alpha value is -5.39. The number of fused-ring (bicyclic) bond motifs is 5. The van der Waals surface area contributed by atoms with Crippen LogP contribution in [0.5, 0.6) is 11.5 Å². The fraction of sp³-hybridized carbons (Fsp3) is 0.293. The van der Waals surface area contributed by atoms with Gasteiger partial charge >= 0.3 is 5.97 Å². The lowest BCUT2D eigenvalue weighted by Crippen LogP contribution is -2.53. The number of carboxylic acid groups (broad SMARTS) is 1. The van der Waals surface area contributed by atoms with Gasteiger partial charge in [0, 0.05) is 29.5 Å². The zero-order valence-corrected chi connectivity index (χ0v) is 30.5. The van der Waals surface area contributed by atoms with E-state index in [4.69, 9.17) is 27.9 Å². The minimum Gasteiger partial charge on any atom is -0.508 e. The second-order valence-electron chi connectivity index (χ2n) is 14.3. The third kappa shape index (κ3) is 5.35. The van der Waals surface area contributed by atoms with Crippen molar-refractivity contribution in [3.63, 3.8) is 0 Å². The van der Waals surface area contributed by atoms with E-state index in [1.807, 2.05) is 30.3 Å². The van der Waals surface area contributed by atoms with Crippen LogP contribution in [-0.4, -0.2) is 63.4 Å². The molecule has 11 nitrogen and oxygen atoms in total. The lowest BCUT2D eigenvalue weighted by molar-refractivity contribution is -0.142. The number of methoxy groups -OCH3 is 1. The molecule has 54 heavy (non-hydrogen) atoms. The van der Waals surface area contributed by atoms with Crippen molar-refractivity contribution in [3.8, 4) is 11.5 Å². The first-order chi connectivity index (χ1) is 26.0. The first-order valence-electron chi connectivity index (χ1n) is 17.7. The zero-order valence-electron chi connectivity index (χ0n) is 29.0. The highest BCUT2D eigenvalue weighted by Gasteiger charge is 2.70. The summed E-state index contributed by atoms with van der Waals surface area (Å²) in [5.74, 6) is -6.85. The van der Waals surface area contributed by atoms with Crippen LogP contribution in [-0.2, 0) is 29.4 Å². The number of halogens is 2. The van der Waals surface area contributed by atoms with Crippen LogP contribution in [0, 0.1) is 23.7 Å². The van der Waals surface area contributed by atoms with E-state index in [1.54, 1.807) is 48.5 Å². The van der Waals surface area contributed by atoms with E-state index in [1.165, 1.54) is 13.2 Å². The predicted molar refractivity (Wildman–Crippen MR) is 200 cm³/mol. The molecule has 3 N–H and O–H groups in total. The number of imide groups is 2. The van der Waals surface area contributed by atoms with E-state index in [0.717, 1.165) is 15.3 Å². The molecule has 8 rings (SSSR count). The minimum atomic E-state index is -1.65. The highest BCUT2D eigenvalue weighted by Crippen LogP contribution is 2.65. The van der Waals surface area contributed by atoms with Crippen LogP contribution in [0.25, 0.3) is 10.8 Å². The number of aliphatic carboxylic acids is 1. The summed E-state index contributed by atoms with van der Waals surface area (Å²) in [5.41, 5.74) is 3.19. The number of carbonyl (C=O) groups excluding carboxylic acids is 4. The van der Waals surface area contributed by atoms with E-state index in [2.05, 4.69) is 5.43 Å². The first-order valence-corrected chi connectivity index (χ1v) is 18.4. The standard InChI is InChI=1S/C41H35Cl2N3O8/c1-54-24-12-9-22(10-13-24)41-29(38(51)46(40(41)53)44-31-16-11-23(42)19-30(31)43)20-28-26(36(41)35-25-6-3-2-5-21(25)8-17-32(35)47)14-15-27-34(28)39(52)45(37(27)50)18-4-7-33(48)49/h2-3,5-6,8-14,16-17,19,27-29,34,36,44,47H,4,7,15,18,20H2,1H3,(H,48,49)/t27-,28+,29-,34-,36+,41+/m0/s1. The molecule has 0 bridgehead atoms. The summed E-state index contributed by atoms with van der Waals surface area (Å²) in [4.78, 5) is 71.1. The fourth-order valence-corrected chi connectivity index (χ4v) is 9.87. The van der Waals surface area contributed by atoms with E-state index < -0.39 is 58.7 Å². The monoisotopic (exact) mass is 767 g/mol. The molecule has 1 saturated carbocycles. The van der Waals surface area contributed by atoms with Gasteiger partial charge in [-0.3, -0.25) is 34.3 Å². The molecule has 0 unspecified atom stereocenters. The Morgan fingerprint density at radius 3 is 2.43 bits per heavy atom. The summed E-state index contributed by atoms with van der Waals surface area (Å²) < 4.78 is 5.47. The number of likely N-dealkylation sites (tertiary alicyclic amines) is 1. The largest absolute Gasteiger partial charge is 0.508 e. The normalized spacial score (nSPS) is 26.1. The molecule has 4 aromatic carbocycles. The molecule has 0 radical (unpaired) electrons. The van der Waals surface area contributed by atoms with Gasteiger partial charge in [0.1, 0.15) is 11.5 Å². The minimum absolute atomic E-state index is 0.0389. The Morgan fingerprint density at radius 2 is 1.70 bits per heavy atom. The van der Waals surface area contributed by atoms with Gasteiger partial charge in [-0.1, -0.05) is 77.3 Å². The zero-order chi connectivity index (χ0) is 38.1. The van der Waals surface area contributed by atoms with Crippen molar-refractivity contribution in [3.05, 3.63) is 112 Å². The average Bonchev–Trinajstić information content (AvgIpc) is 3.53. The Kier molecular flexibility index (Phi) is 8.89. The van der Waals surface area contributed by atoms with Gasteiger partial charge in [0.05, 0.1) is 41.0 Å². The van der Waals surface area contributed by atoms with E-state index in [-0.39, 0.29) is 54.6 Å². The first kappa shape index (κ1) is 35.6. The second-order valence-corrected chi connectivity index (χ2v) is 15.1. The lowest BCUT2D eigenvalue weighted by atomic mass is 9.48. The Morgan fingerprint density at radius 1 is 0.944 bits per heavy atom. The highest BCUT2D eigenvalue weighted by molar-refractivity contribution is 6.36. The molecule has 4 aliphatic rings. The van der Waals surface area contributed by atoms with Crippen LogP contribution in [0.15, 0.2) is 90.5 Å². The molecular weight excluding hydrogens is 733 g/mol. The molecule has 276 valence electrons. The molecule has 4 amide bonds. The van der Waals surface area contributed by atoms with E-state index >= 15 is 4.79 Å². The average molecular weight is 769 g/mol. The topological polar surface area (TPSA) is 154 Å². The summed E-state index contributed by atoms with van der Waals surface area (Å²) in [6.45, 7) is -0.0389. The summed E-state index contributed by atoms with van der Waals surface area (Å²) in [6.07, 6.45) is 2.04. The van der Waals surface area contributed by atoms with Crippen molar-refractivity contribution in [2.75, 3.05) is 19.1 Å². The van der Waals surface area contributed by atoms with Crippen molar-refractivity contribution in [2.45, 2.75) is 37.0 Å². The summed E-state index contributed by atoms with van der Waals surface area (Å²) in [6, 6.07) is 22.4. The Balaban J connectivity index is 1.36. The number of amides is 4. The van der Waals surface area contributed by atoms with Crippen LogP contribution in [0.3, 0.4) is 0 Å². The summed E-state index contributed by atoms with van der Waals surface area (Å²) in [7, 11) is 1.53. The summed E-state index contributed by atoms with van der Waals surface area (Å²) in [5, 5.41) is 24.1. The smallest absolute Gasteiger partial charge is 0.303 e. The molecule has 4 aromatic rings. The summed E-state index contributed by atoms with van der Waals surface area (Å²) >= 11 is 12.7. The number of allylic oxidation sites excluding steroid dienone is 2. The third-order valence-electron chi connectivity index (χ3n) is 11.7. The number of phenols is 1. The molecule has 13 heteroatoms. The Bertz CT molecular complexity index is 2290. The maximum atomic E-state index is 15.5. The maximum absolute atomic E-state index is 15.5. The number of nitrogens with one attached hydrogen (secondary N) is 1. The fourth-order valence-electron chi connectivity index (χ4n) is 9.42. The number of carboxylic acids is 1. The van der Waals surface area contributed by atoms with Crippen molar-refractivity contribution in [1.82, 2.24) is 9.91 Å². The van der Waals surface area contributed by atoms with Gasteiger partial charge in [-0.25, -0.2) is 0 Å². The number of benzene rings is 4. The second kappa shape index (κ2) is 13.5. The number of phenolic OH excluding ortho intramolecular Hbond substituents is 1. The molecule has 0 aromatic heterocycles.